The van der Waals surface area contributed by atoms with Crippen molar-refractivity contribution in [2.45, 2.75) is 27.0 Å². The molecule has 0 N–H and O–H groups in total. The molecule has 0 aliphatic carbocycles. The number of amides is 1. The number of hydrogen-bond acceptors (Lipinski definition) is 5. The van der Waals surface area contributed by atoms with Crippen LogP contribution in [-0.2, 0) is 22.7 Å². The number of rotatable bonds is 5. The van der Waals surface area contributed by atoms with E-state index >= 15 is 0 Å². The van der Waals surface area contributed by atoms with Crippen molar-refractivity contribution in [3.8, 4) is 16.2 Å². The van der Waals surface area contributed by atoms with Crippen LogP contribution in [0.3, 0.4) is 0 Å². The molecule has 5 nitrogen and oxygen atoms in total. The standard InChI is InChI=1S/C24H23NO4S/c1-15-8-9-17(16(2)10-15)12-25(3)22(26)14-29-24(27)21-11-18-13-28-20-7-5-4-6-19(20)23(18)30-21/h4-11H,12-14H2,1-3H3. The van der Waals surface area contributed by atoms with Crippen molar-refractivity contribution >= 4 is 23.2 Å². The Hall–Kier alpha value is -3.12. The zero-order valence-electron chi connectivity index (χ0n) is 17.2. The zero-order chi connectivity index (χ0) is 21.3. The molecule has 1 amide bonds. The molecule has 154 valence electrons. The van der Waals surface area contributed by atoms with Gasteiger partial charge in [0.15, 0.2) is 6.61 Å². The SMILES string of the molecule is Cc1ccc(CN(C)C(=O)COC(=O)c2cc3c(s2)-c2ccccc2OC3)c(C)c1. The van der Waals surface area contributed by atoms with E-state index in [1.165, 1.54) is 16.9 Å². The molecular weight excluding hydrogens is 398 g/mol. The topological polar surface area (TPSA) is 55.8 Å². The Labute approximate surface area is 179 Å². The fourth-order valence-electron chi connectivity index (χ4n) is 3.48. The Morgan fingerprint density at radius 3 is 2.73 bits per heavy atom. The quantitative estimate of drug-likeness (QED) is 0.559. The van der Waals surface area contributed by atoms with Gasteiger partial charge in [0, 0.05) is 29.6 Å². The van der Waals surface area contributed by atoms with Gasteiger partial charge in [0.2, 0.25) is 0 Å². The van der Waals surface area contributed by atoms with Crippen molar-refractivity contribution in [1.29, 1.82) is 0 Å². The Bertz CT molecular complexity index is 1120. The summed E-state index contributed by atoms with van der Waals surface area (Å²) in [5, 5.41) is 0. The maximum atomic E-state index is 12.5. The number of hydrogen-bond donors (Lipinski definition) is 0. The molecule has 0 saturated carbocycles. The summed E-state index contributed by atoms with van der Waals surface area (Å²) in [4.78, 5) is 28.1. The van der Waals surface area contributed by atoms with Crippen molar-refractivity contribution in [2.24, 2.45) is 0 Å². The molecule has 0 fully saturated rings. The first-order chi connectivity index (χ1) is 14.4. The molecule has 3 aromatic rings. The van der Waals surface area contributed by atoms with Gasteiger partial charge >= 0.3 is 5.97 Å². The molecular formula is C24H23NO4S. The van der Waals surface area contributed by atoms with Crippen LogP contribution in [0.2, 0.25) is 0 Å². The summed E-state index contributed by atoms with van der Waals surface area (Å²) in [5.74, 6) is 0.0911. The van der Waals surface area contributed by atoms with Crippen molar-refractivity contribution in [3.63, 3.8) is 0 Å². The van der Waals surface area contributed by atoms with Crippen LogP contribution in [0, 0.1) is 13.8 Å². The third kappa shape index (κ3) is 4.09. The number of benzene rings is 2. The van der Waals surface area contributed by atoms with Gasteiger partial charge in [-0.3, -0.25) is 4.79 Å². The average Bonchev–Trinajstić information content (AvgIpc) is 3.18. The van der Waals surface area contributed by atoms with E-state index in [0.717, 1.165) is 32.9 Å². The molecule has 4 rings (SSSR count). The molecule has 0 saturated heterocycles. The maximum Gasteiger partial charge on any atom is 0.348 e. The summed E-state index contributed by atoms with van der Waals surface area (Å²) < 4.78 is 11.0. The lowest BCUT2D eigenvalue weighted by molar-refractivity contribution is -0.133. The molecule has 1 aromatic heterocycles. The summed E-state index contributed by atoms with van der Waals surface area (Å²) in [6, 6.07) is 15.7. The number of carbonyl (C=O) groups is 2. The van der Waals surface area contributed by atoms with Crippen LogP contribution in [0.4, 0.5) is 0 Å². The Morgan fingerprint density at radius 2 is 1.93 bits per heavy atom. The number of nitrogens with zero attached hydrogens (tertiary/aromatic N) is 1. The van der Waals surface area contributed by atoms with Gasteiger partial charge in [-0.2, -0.15) is 0 Å². The molecule has 0 unspecified atom stereocenters. The molecule has 30 heavy (non-hydrogen) atoms. The third-order valence-electron chi connectivity index (χ3n) is 5.18. The molecule has 1 aliphatic rings. The minimum absolute atomic E-state index is 0.238. The highest BCUT2D eigenvalue weighted by atomic mass is 32.1. The van der Waals surface area contributed by atoms with Gasteiger partial charge < -0.3 is 14.4 Å². The number of thiophene rings is 1. The molecule has 1 aliphatic heterocycles. The second-order valence-corrected chi connectivity index (χ2v) is 8.56. The van der Waals surface area contributed by atoms with Gasteiger partial charge in [-0.15, -0.1) is 11.3 Å². The molecule has 2 aromatic carbocycles. The fourth-order valence-corrected chi connectivity index (χ4v) is 4.57. The summed E-state index contributed by atoms with van der Waals surface area (Å²) >= 11 is 1.37. The van der Waals surface area contributed by atoms with Gasteiger partial charge in [-0.1, -0.05) is 35.9 Å². The van der Waals surface area contributed by atoms with Crippen molar-refractivity contribution < 1.29 is 19.1 Å². The number of fused-ring (bicyclic) bond motifs is 3. The van der Waals surface area contributed by atoms with Crippen LogP contribution in [0.1, 0.15) is 31.9 Å². The Balaban J connectivity index is 1.38. The van der Waals surface area contributed by atoms with Gasteiger partial charge in [0.25, 0.3) is 5.91 Å². The monoisotopic (exact) mass is 421 g/mol. The summed E-state index contributed by atoms with van der Waals surface area (Å²) in [7, 11) is 1.72. The summed E-state index contributed by atoms with van der Waals surface area (Å²) in [6.07, 6.45) is 0. The smallest absolute Gasteiger partial charge is 0.348 e. The number of esters is 1. The lowest BCUT2D eigenvalue weighted by Crippen LogP contribution is -2.31. The second kappa shape index (κ2) is 8.32. The number of ether oxygens (including phenoxy) is 2. The van der Waals surface area contributed by atoms with E-state index in [0.29, 0.717) is 18.0 Å². The van der Waals surface area contributed by atoms with Gasteiger partial charge in [-0.25, -0.2) is 4.79 Å². The molecule has 0 radical (unpaired) electrons. The molecule has 0 atom stereocenters. The predicted molar refractivity (Wildman–Crippen MR) is 117 cm³/mol. The van der Waals surface area contributed by atoms with Crippen LogP contribution in [0.25, 0.3) is 10.4 Å². The average molecular weight is 422 g/mol. The highest BCUT2D eigenvalue weighted by Crippen LogP contribution is 2.42. The van der Waals surface area contributed by atoms with E-state index in [-0.39, 0.29) is 12.5 Å². The second-order valence-electron chi connectivity index (χ2n) is 7.51. The Morgan fingerprint density at radius 1 is 1.13 bits per heavy atom. The lowest BCUT2D eigenvalue weighted by Gasteiger charge is -2.18. The summed E-state index contributed by atoms with van der Waals surface area (Å²) in [6.45, 7) is 4.69. The van der Waals surface area contributed by atoms with Crippen molar-refractivity contribution in [3.05, 3.63) is 75.7 Å². The normalized spacial score (nSPS) is 11.8. The van der Waals surface area contributed by atoms with Gasteiger partial charge in [-0.05, 0) is 43.2 Å². The fraction of sp³-hybridized carbons (Fsp3) is 0.250. The van der Waals surface area contributed by atoms with Crippen LogP contribution >= 0.6 is 11.3 Å². The molecule has 0 bridgehead atoms. The van der Waals surface area contributed by atoms with E-state index in [4.69, 9.17) is 9.47 Å². The number of carbonyl (C=O) groups excluding carboxylic acids is 2. The van der Waals surface area contributed by atoms with E-state index in [1.807, 2.05) is 50.2 Å². The number of aryl methyl sites for hydroxylation is 2. The largest absolute Gasteiger partial charge is 0.488 e. The van der Waals surface area contributed by atoms with E-state index < -0.39 is 5.97 Å². The first kappa shape index (κ1) is 20.2. The lowest BCUT2D eigenvalue weighted by atomic mass is 10.1. The predicted octanol–water partition coefficient (Wildman–Crippen LogP) is 4.74. The zero-order valence-corrected chi connectivity index (χ0v) is 18.0. The number of para-hydroxylation sites is 1. The first-order valence-electron chi connectivity index (χ1n) is 9.74. The minimum atomic E-state index is -0.486. The van der Waals surface area contributed by atoms with Crippen molar-refractivity contribution in [1.82, 2.24) is 4.90 Å². The van der Waals surface area contributed by atoms with Crippen LogP contribution in [0.5, 0.6) is 5.75 Å². The molecule has 0 spiro atoms. The first-order valence-corrected chi connectivity index (χ1v) is 10.6. The van der Waals surface area contributed by atoms with Crippen LogP contribution in [-0.4, -0.2) is 30.4 Å². The van der Waals surface area contributed by atoms with E-state index in [1.54, 1.807) is 18.0 Å². The maximum absolute atomic E-state index is 12.5. The molecule has 2 heterocycles. The Kier molecular flexibility index (Phi) is 5.59. The van der Waals surface area contributed by atoms with E-state index in [9.17, 15) is 9.59 Å². The summed E-state index contributed by atoms with van der Waals surface area (Å²) in [5.41, 5.74) is 5.34. The van der Waals surface area contributed by atoms with Crippen molar-refractivity contribution in [2.75, 3.05) is 13.7 Å². The van der Waals surface area contributed by atoms with Gasteiger partial charge in [0.1, 0.15) is 17.2 Å². The number of likely N-dealkylation sites (N-methyl/N-ethyl adjacent to an activating group) is 1. The van der Waals surface area contributed by atoms with Crippen LogP contribution < -0.4 is 4.74 Å². The molecule has 6 heteroatoms. The minimum Gasteiger partial charge on any atom is -0.488 e. The van der Waals surface area contributed by atoms with Crippen LogP contribution in [0.15, 0.2) is 48.5 Å². The highest BCUT2D eigenvalue weighted by molar-refractivity contribution is 7.17. The van der Waals surface area contributed by atoms with Gasteiger partial charge in [0.05, 0.1) is 0 Å². The third-order valence-corrected chi connectivity index (χ3v) is 6.37. The van der Waals surface area contributed by atoms with E-state index in [2.05, 4.69) is 6.07 Å². The highest BCUT2D eigenvalue weighted by Gasteiger charge is 2.23.